The van der Waals surface area contributed by atoms with Crippen LogP contribution in [-0.2, 0) is 20.8 Å². The molecule has 0 atom stereocenters. The number of aliphatic carboxylic acids is 1. The molecule has 0 spiro atoms. The molecule has 1 heterocycles. The molecular weight excluding hydrogens is 642 g/mol. The fourth-order valence-electron chi connectivity index (χ4n) is 6.37. The zero-order valence-electron chi connectivity index (χ0n) is 27.0. The van der Waals surface area contributed by atoms with Gasteiger partial charge in [0.05, 0.1) is 0 Å². The van der Waals surface area contributed by atoms with Crippen LogP contribution in [0.4, 0.5) is 5.13 Å². The van der Waals surface area contributed by atoms with Gasteiger partial charge < -0.3 is 15.3 Å². The van der Waals surface area contributed by atoms with E-state index in [0.29, 0.717) is 5.13 Å². The maximum atomic E-state index is 12.9. The lowest BCUT2D eigenvalue weighted by molar-refractivity contribution is -0.129. The molecule has 0 bridgehead atoms. The molecule has 0 aliphatic carbocycles. The third-order valence-corrected chi connectivity index (χ3v) is 9.44. The summed E-state index contributed by atoms with van der Waals surface area (Å²) < 4.78 is 0. The van der Waals surface area contributed by atoms with Crippen LogP contribution in [0.2, 0.25) is 0 Å². The summed E-state index contributed by atoms with van der Waals surface area (Å²) in [7, 11) is 0. The van der Waals surface area contributed by atoms with Gasteiger partial charge in [-0.2, -0.15) is 0 Å². The summed E-state index contributed by atoms with van der Waals surface area (Å²) in [6.45, 7) is 0. The lowest BCUT2D eigenvalue weighted by Crippen LogP contribution is -2.38. The van der Waals surface area contributed by atoms with Crippen molar-refractivity contribution in [1.29, 1.82) is 0 Å². The minimum atomic E-state index is -1.26. The number of thiazole rings is 1. The second-order valence-corrected chi connectivity index (χ2v) is 12.5. The number of rotatable bonds is 12. The van der Waals surface area contributed by atoms with Gasteiger partial charge in [0, 0.05) is 22.1 Å². The zero-order chi connectivity index (χ0) is 34.2. The van der Waals surface area contributed by atoms with E-state index >= 15 is 0 Å². The van der Waals surface area contributed by atoms with E-state index in [1.54, 1.807) is 5.38 Å². The van der Waals surface area contributed by atoms with E-state index in [-0.39, 0.29) is 11.4 Å². The molecular formula is C43H33N3O3S. The summed E-state index contributed by atoms with van der Waals surface area (Å²) in [4.78, 5) is 24.3. The van der Waals surface area contributed by atoms with E-state index in [1.807, 2.05) is 146 Å². The molecule has 0 amide bonds. The van der Waals surface area contributed by atoms with Crippen LogP contribution in [-0.4, -0.2) is 21.8 Å². The molecule has 6 nitrogen and oxygen atoms in total. The van der Waals surface area contributed by atoms with Crippen molar-refractivity contribution in [3.63, 3.8) is 0 Å². The average molecular weight is 675 g/mol. The van der Waals surface area contributed by atoms with Gasteiger partial charge in [0.25, 0.3) is 0 Å². The zero-order valence-corrected chi connectivity index (χ0v) is 27.8. The molecule has 0 saturated heterocycles. The molecule has 0 aliphatic rings. The predicted molar refractivity (Wildman–Crippen MR) is 199 cm³/mol. The first-order valence-corrected chi connectivity index (χ1v) is 17.1. The largest absolute Gasteiger partial charge is 0.476 e. The van der Waals surface area contributed by atoms with Crippen molar-refractivity contribution < 1.29 is 14.7 Å². The van der Waals surface area contributed by atoms with Gasteiger partial charge in [0.1, 0.15) is 11.2 Å². The fraction of sp³-hybridized carbons (Fsp3) is 0.0465. The number of oxime groups is 1. The molecule has 1 aromatic heterocycles. The number of carbonyl (C=O) groups is 1. The van der Waals surface area contributed by atoms with Gasteiger partial charge in [-0.25, -0.2) is 9.78 Å². The van der Waals surface area contributed by atoms with Crippen molar-refractivity contribution in [2.45, 2.75) is 11.1 Å². The van der Waals surface area contributed by atoms with Gasteiger partial charge in [0.15, 0.2) is 5.13 Å². The van der Waals surface area contributed by atoms with Crippen LogP contribution in [0, 0.1) is 0 Å². The number of nitrogens with one attached hydrogen (secondary N) is 1. The molecule has 50 heavy (non-hydrogen) atoms. The van der Waals surface area contributed by atoms with Gasteiger partial charge in [-0.15, -0.1) is 11.3 Å². The van der Waals surface area contributed by atoms with Crippen molar-refractivity contribution in [2.75, 3.05) is 5.32 Å². The molecule has 0 radical (unpaired) electrons. The molecule has 7 aromatic rings. The van der Waals surface area contributed by atoms with E-state index < -0.39 is 17.1 Å². The van der Waals surface area contributed by atoms with Gasteiger partial charge in [0.2, 0.25) is 11.3 Å². The van der Waals surface area contributed by atoms with E-state index in [0.717, 1.165) is 33.4 Å². The summed E-state index contributed by atoms with van der Waals surface area (Å²) in [5.41, 5.74) is 3.18. The Hall–Kier alpha value is -6.31. The molecule has 0 fully saturated rings. The monoisotopic (exact) mass is 674 g/mol. The Morgan fingerprint density at radius 2 is 0.900 bits per heavy atom. The van der Waals surface area contributed by atoms with Crippen LogP contribution in [0.1, 0.15) is 39.1 Å². The van der Waals surface area contributed by atoms with Crippen molar-refractivity contribution in [3.8, 4) is 0 Å². The highest BCUT2D eigenvalue weighted by molar-refractivity contribution is 7.14. The number of carboxylic acids is 1. The van der Waals surface area contributed by atoms with Crippen LogP contribution < -0.4 is 5.32 Å². The van der Waals surface area contributed by atoms with Gasteiger partial charge in [-0.05, 0) is 16.7 Å². The normalized spacial score (nSPS) is 11.9. The Kier molecular flexibility index (Phi) is 9.31. The van der Waals surface area contributed by atoms with Crippen LogP contribution in [0.3, 0.4) is 0 Å². The van der Waals surface area contributed by atoms with E-state index in [2.05, 4.69) is 46.9 Å². The maximum absolute atomic E-state index is 12.9. The second kappa shape index (κ2) is 14.4. The molecule has 7 rings (SSSR count). The van der Waals surface area contributed by atoms with Crippen molar-refractivity contribution in [2.24, 2.45) is 5.16 Å². The SMILES string of the molecule is O=C(O)/C(=N\OC(c1ccccc1)(c1ccccc1)c1ccccc1)c1cs[13c]([15NH]C(c2ccccc2)(c2ccccc2)c2ccccc2)[15n]1. The van der Waals surface area contributed by atoms with Crippen molar-refractivity contribution in [1.82, 2.24) is 4.98 Å². The van der Waals surface area contributed by atoms with Crippen LogP contribution in [0.5, 0.6) is 0 Å². The Morgan fingerprint density at radius 3 is 1.24 bits per heavy atom. The molecule has 0 unspecified atom stereocenters. The highest BCUT2D eigenvalue weighted by Crippen LogP contribution is 2.42. The molecule has 0 saturated carbocycles. The third-order valence-electron chi connectivity index (χ3n) is 8.68. The Balaban J connectivity index is 1.34. The maximum Gasteiger partial charge on any atom is 0.360 e. The van der Waals surface area contributed by atoms with Crippen LogP contribution in [0.15, 0.2) is 193 Å². The topological polar surface area (TPSA) is 83.8 Å². The van der Waals surface area contributed by atoms with Gasteiger partial charge in [-0.1, -0.05) is 187 Å². The Labute approximate surface area is 295 Å². The lowest BCUT2D eigenvalue weighted by atomic mass is 9.79. The first kappa shape index (κ1) is 32.2. The summed E-state index contributed by atoms with van der Waals surface area (Å²) >= 11 is 1.31. The molecule has 244 valence electrons. The molecule has 7 heteroatoms. The number of hydrogen-bond donors (Lipinski definition) is 2. The minimum Gasteiger partial charge on any atom is -0.476 e. The van der Waals surface area contributed by atoms with Crippen LogP contribution in [0.25, 0.3) is 0 Å². The molecule has 2 N–H and O–H groups in total. The number of hydrogen-bond acceptors (Lipinski definition) is 6. The van der Waals surface area contributed by atoms with Crippen molar-refractivity contribution >= 4 is 28.1 Å². The predicted octanol–water partition coefficient (Wildman–Crippen LogP) is 9.34. The van der Waals surface area contributed by atoms with Crippen LogP contribution >= 0.6 is 11.3 Å². The highest BCUT2D eigenvalue weighted by Gasteiger charge is 2.41. The number of anilines is 1. The van der Waals surface area contributed by atoms with E-state index in [4.69, 9.17) is 9.82 Å². The first-order valence-electron chi connectivity index (χ1n) is 16.2. The van der Waals surface area contributed by atoms with E-state index in [1.165, 1.54) is 11.3 Å². The minimum absolute atomic E-state index is 0.177. The Bertz CT molecular complexity index is 1980. The average Bonchev–Trinajstić information content (AvgIpc) is 3.65. The fourth-order valence-corrected chi connectivity index (χ4v) is 7.12. The Morgan fingerprint density at radius 1 is 0.560 bits per heavy atom. The smallest absolute Gasteiger partial charge is 0.360 e. The summed E-state index contributed by atoms with van der Waals surface area (Å²) in [5, 5.41) is 20.9. The first-order chi connectivity index (χ1) is 24.6. The van der Waals surface area contributed by atoms with Crippen molar-refractivity contribution in [3.05, 3.63) is 226 Å². The molecule has 6 aromatic carbocycles. The van der Waals surface area contributed by atoms with Gasteiger partial charge >= 0.3 is 5.97 Å². The quantitative estimate of drug-likeness (QED) is 0.0584. The number of nitrogens with zero attached hydrogens (tertiary/aromatic N) is 2. The van der Waals surface area contributed by atoms with Gasteiger partial charge in [-0.3, -0.25) is 0 Å². The number of aromatic nitrogens is 1. The molecule has 0 aliphatic heterocycles. The highest BCUT2D eigenvalue weighted by atomic mass is 32.1. The summed E-state index contributed by atoms with van der Waals surface area (Å²) in [5.74, 6) is -1.26. The number of carboxylic acid groups (broad SMARTS) is 1. The summed E-state index contributed by atoms with van der Waals surface area (Å²) in [6.07, 6.45) is 0. The summed E-state index contributed by atoms with van der Waals surface area (Å²) in [6, 6.07) is 59.6. The third kappa shape index (κ3) is 6.18. The second-order valence-electron chi connectivity index (χ2n) is 11.6. The number of benzene rings is 6. The standard InChI is InChI=1S/C43H33N3O3S/c47-40(48)39(46-49-43(35-25-13-4-14-26-35,36-27-15-5-16-28-36)37-29-17-6-18-30-37)38-31-50-41(44-38)45-42(32-19-7-1-8-20-32,33-21-9-2-10-22-33)34-23-11-3-12-24-34/h1-31H,(H,44,45)(H,47,48)/b46-39-/i41+1,44+1,45+1. The lowest BCUT2D eigenvalue weighted by Gasteiger charge is -2.36. The van der Waals surface area contributed by atoms with E-state index in [9.17, 15) is 9.90 Å².